The second kappa shape index (κ2) is 8.04. The maximum Gasteiger partial charge on any atom is 0.416 e. The predicted octanol–water partition coefficient (Wildman–Crippen LogP) is 4.75. The van der Waals surface area contributed by atoms with Crippen LogP contribution in [0.3, 0.4) is 0 Å². The van der Waals surface area contributed by atoms with E-state index in [0.29, 0.717) is 37.4 Å². The van der Waals surface area contributed by atoms with Gasteiger partial charge in [-0.3, -0.25) is 4.79 Å². The highest BCUT2D eigenvalue weighted by Gasteiger charge is 2.31. The topological polar surface area (TPSA) is 23.6 Å². The Bertz CT molecular complexity index is 867. The van der Waals surface area contributed by atoms with E-state index in [-0.39, 0.29) is 5.78 Å². The number of benzene rings is 2. The third-order valence-electron chi connectivity index (χ3n) is 4.79. The van der Waals surface area contributed by atoms with E-state index in [4.69, 9.17) is 0 Å². The van der Waals surface area contributed by atoms with Gasteiger partial charge in [0.15, 0.2) is 5.78 Å². The van der Waals surface area contributed by atoms with Crippen molar-refractivity contribution in [1.82, 2.24) is 4.90 Å². The second-order valence-corrected chi connectivity index (χ2v) is 6.68. The third kappa shape index (κ3) is 4.71. The molecule has 28 heavy (non-hydrogen) atoms. The van der Waals surface area contributed by atoms with Gasteiger partial charge in [0.1, 0.15) is 5.82 Å². The maximum atomic E-state index is 13.0. The molecule has 0 atom stereocenters. The van der Waals surface area contributed by atoms with E-state index < -0.39 is 17.6 Å². The number of piperazine rings is 1. The van der Waals surface area contributed by atoms with Crippen LogP contribution in [0, 0.1) is 5.82 Å². The summed E-state index contributed by atoms with van der Waals surface area (Å²) >= 11 is 0. The first-order valence-corrected chi connectivity index (χ1v) is 8.89. The standard InChI is InChI=1S/C21H20F4N2O/c1-15(13-20(28)16-5-7-18(22)8-6-16)26-9-11-27(12-10-26)19-4-2-3-17(14-19)21(23,24)25/h2-8,13-14H,9-12H2,1H3/b15-13-. The molecule has 1 aliphatic heterocycles. The van der Waals surface area contributed by atoms with Crippen molar-refractivity contribution in [3.05, 3.63) is 77.2 Å². The average Bonchev–Trinajstić information content (AvgIpc) is 2.68. The number of alkyl halides is 3. The summed E-state index contributed by atoms with van der Waals surface area (Å²) < 4.78 is 51.7. The highest BCUT2D eigenvalue weighted by atomic mass is 19.4. The number of carbonyl (C=O) groups is 1. The minimum Gasteiger partial charge on any atom is -0.371 e. The normalized spacial score (nSPS) is 15.7. The summed E-state index contributed by atoms with van der Waals surface area (Å²) in [5.74, 6) is -0.610. The Kier molecular flexibility index (Phi) is 5.72. The van der Waals surface area contributed by atoms with Gasteiger partial charge in [-0.2, -0.15) is 13.2 Å². The van der Waals surface area contributed by atoms with Gasteiger partial charge in [0.05, 0.1) is 5.56 Å². The Hall–Kier alpha value is -2.83. The molecule has 0 spiro atoms. The highest BCUT2D eigenvalue weighted by molar-refractivity contribution is 6.04. The van der Waals surface area contributed by atoms with Crippen molar-refractivity contribution < 1.29 is 22.4 Å². The van der Waals surface area contributed by atoms with Crippen molar-refractivity contribution in [3.63, 3.8) is 0 Å². The molecule has 0 radical (unpaired) electrons. The van der Waals surface area contributed by atoms with Gasteiger partial charge in [-0.25, -0.2) is 4.39 Å². The van der Waals surface area contributed by atoms with E-state index in [9.17, 15) is 22.4 Å². The molecule has 1 heterocycles. The van der Waals surface area contributed by atoms with Crippen LogP contribution in [-0.2, 0) is 6.18 Å². The fourth-order valence-corrected chi connectivity index (χ4v) is 3.17. The number of nitrogens with zero attached hydrogens (tertiary/aromatic N) is 2. The van der Waals surface area contributed by atoms with Gasteiger partial charge >= 0.3 is 6.18 Å². The number of hydrogen-bond donors (Lipinski definition) is 0. The Labute approximate surface area is 160 Å². The minimum atomic E-state index is -4.36. The Morgan fingerprint density at radius 3 is 2.25 bits per heavy atom. The summed E-state index contributed by atoms with van der Waals surface area (Å²) in [5.41, 5.74) is 1.06. The molecular formula is C21H20F4N2O. The lowest BCUT2D eigenvalue weighted by Gasteiger charge is -2.38. The van der Waals surface area contributed by atoms with Gasteiger partial charge in [0.2, 0.25) is 0 Å². The molecule has 0 saturated carbocycles. The second-order valence-electron chi connectivity index (χ2n) is 6.68. The highest BCUT2D eigenvalue weighted by Crippen LogP contribution is 2.32. The van der Waals surface area contributed by atoms with Crippen molar-refractivity contribution in [1.29, 1.82) is 0 Å². The first-order chi connectivity index (χ1) is 13.2. The zero-order chi connectivity index (χ0) is 20.3. The lowest BCUT2D eigenvalue weighted by Crippen LogP contribution is -2.45. The molecule has 3 nitrogen and oxygen atoms in total. The molecule has 7 heteroatoms. The van der Waals surface area contributed by atoms with E-state index in [1.54, 1.807) is 6.07 Å². The molecule has 0 aliphatic carbocycles. The van der Waals surface area contributed by atoms with Gasteiger partial charge in [0.25, 0.3) is 0 Å². The number of hydrogen-bond acceptors (Lipinski definition) is 3. The summed E-state index contributed by atoms with van der Waals surface area (Å²) in [7, 11) is 0. The maximum absolute atomic E-state index is 13.0. The Morgan fingerprint density at radius 1 is 1.00 bits per heavy atom. The van der Waals surface area contributed by atoms with E-state index in [2.05, 4.69) is 0 Å². The van der Waals surface area contributed by atoms with Crippen LogP contribution in [0.25, 0.3) is 0 Å². The van der Waals surface area contributed by atoms with Crippen LogP contribution < -0.4 is 4.90 Å². The molecule has 1 fully saturated rings. The third-order valence-corrected chi connectivity index (χ3v) is 4.79. The van der Waals surface area contributed by atoms with Crippen molar-refractivity contribution in [2.24, 2.45) is 0 Å². The van der Waals surface area contributed by atoms with Crippen molar-refractivity contribution in [3.8, 4) is 0 Å². The van der Waals surface area contributed by atoms with Gasteiger partial charge in [-0.05, 0) is 49.4 Å². The van der Waals surface area contributed by atoms with Crippen molar-refractivity contribution in [2.75, 3.05) is 31.1 Å². The summed E-state index contributed by atoms with van der Waals surface area (Å²) in [6.45, 7) is 4.11. The molecule has 0 bridgehead atoms. The molecule has 3 rings (SSSR count). The molecule has 0 N–H and O–H groups in total. The van der Waals surface area contributed by atoms with Crippen LogP contribution in [0.5, 0.6) is 0 Å². The monoisotopic (exact) mass is 392 g/mol. The largest absolute Gasteiger partial charge is 0.416 e. The van der Waals surface area contributed by atoms with E-state index in [1.165, 1.54) is 36.4 Å². The van der Waals surface area contributed by atoms with Crippen LogP contribution >= 0.6 is 0 Å². The van der Waals surface area contributed by atoms with E-state index in [1.807, 2.05) is 16.7 Å². The zero-order valence-corrected chi connectivity index (χ0v) is 15.3. The lowest BCUT2D eigenvalue weighted by atomic mass is 10.1. The van der Waals surface area contributed by atoms with Crippen LogP contribution in [0.15, 0.2) is 60.3 Å². The molecule has 0 aromatic heterocycles. The summed E-state index contributed by atoms with van der Waals surface area (Å²) in [6.07, 6.45) is -2.86. The average molecular weight is 392 g/mol. The molecule has 2 aromatic carbocycles. The summed E-state index contributed by atoms with van der Waals surface area (Å²) in [5, 5.41) is 0. The predicted molar refractivity (Wildman–Crippen MR) is 99.7 cm³/mol. The zero-order valence-electron chi connectivity index (χ0n) is 15.3. The van der Waals surface area contributed by atoms with Gasteiger partial charge in [0, 0.05) is 49.2 Å². The number of halogens is 4. The first kappa shape index (κ1) is 19.9. The molecule has 2 aromatic rings. The molecule has 1 saturated heterocycles. The summed E-state index contributed by atoms with van der Waals surface area (Å²) in [4.78, 5) is 16.2. The number of rotatable bonds is 4. The van der Waals surface area contributed by atoms with Crippen LogP contribution in [0.2, 0.25) is 0 Å². The number of anilines is 1. The van der Waals surface area contributed by atoms with Crippen LogP contribution in [0.1, 0.15) is 22.8 Å². The Balaban J connectivity index is 1.63. The minimum absolute atomic E-state index is 0.210. The number of ketones is 1. The summed E-state index contributed by atoms with van der Waals surface area (Å²) in [6, 6.07) is 10.7. The number of carbonyl (C=O) groups excluding carboxylic acids is 1. The smallest absolute Gasteiger partial charge is 0.371 e. The SMILES string of the molecule is C/C(=C/C(=O)c1ccc(F)cc1)N1CCN(c2cccc(C(F)(F)F)c2)CC1. The molecule has 148 valence electrons. The fourth-order valence-electron chi connectivity index (χ4n) is 3.17. The van der Waals surface area contributed by atoms with Crippen molar-refractivity contribution >= 4 is 11.5 Å². The number of allylic oxidation sites excluding steroid dienone is 2. The van der Waals surface area contributed by atoms with Gasteiger partial charge < -0.3 is 9.80 Å². The van der Waals surface area contributed by atoms with Gasteiger partial charge in [-0.15, -0.1) is 0 Å². The molecular weight excluding hydrogens is 372 g/mol. The van der Waals surface area contributed by atoms with Crippen LogP contribution in [0.4, 0.5) is 23.2 Å². The lowest BCUT2D eigenvalue weighted by molar-refractivity contribution is -0.137. The molecule has 1 aliphatic rings. The van der Waals surface area contributed by atoms with E-state index in [0.717, 1.165) is 17.8 Å². The molecule has 0 amide bonds. The van der Waals surface area contributed by atoms with Crippen LogP contribution in [-0.4, -0.2) is 36.9 Å². The Morgan fingerprint density at radius 2 is 1.64 bits per heavy atom. The van der Waals surface area contributed by atoms with E-state index >= 15 is 0 Å². The van der Waals surface area contributed by atoms with Crippen molar-refractivity contribution in [2.45, 2.75) is 13.1 Å². The molecule has 0 unspecified atom stereocenters. The first-order valence-electron chi connectivity index (χ1n) is 8.89. The van der Waals surface area contributed by atoms with Gasteiger partial charge in [-0.1, -0.05) is 6.07 Å². The fraction of sp³-hybridized carbons (Fsp3) is 0.286. The quantitative estimate of drug-likeness (QED) is 0.426.